The van der Waals surface area contributed by atoms with Crippen LogP contribution in [0.15, 0.2) is 48.5 Å². The Morgan fingerprint density at radius 3 is 2.13 bits per heavy atom. The average Bonchev–Trinajstić information content (AvgIpc) is 2.51. The van der Waals surface area contributed by atoms with Crippen molar-refractivity contribution in [2.24, 2.45) is 0 Å². The number of rotatable bonds is 7. The number of halogens is 3. The third-order valence-corrected chi connectivity index (χ3v) is 2.34. The molecule has 1 rings (SSSR count). The minimum atomic E-state index is -2.59. The van der Waals surface area contributed by atoms with Gasteiger partial charge in [0.25, 0.3) is 0 Å². The molecule has 1 aromatic rings. The fourth-order valence-electron chi connectivity index (χ4n) is 1.28. The third kappa shape index (κ3) is 6.25. The van der Waals surface area contributed by atoms with Crippen molar-refractivity contribution in [1.29, 1.82) is 0 Å². The zero-order valence-electron chi connectivity index (χ0n) is 12.1. The summed E-state index contributed by atoms with van der Waals surface area (Å²) in [5.74, 6) is -1.53. The summed E-state index contributed by atoms with van der Waals surface area (Å²) in [7, 11) is 0. The van der Waals surface area contributed by atoms with Crippen LogP contribution in [0, 0.1) is 0 Å². The van der Waals surface area contributed by atoms with Crippen LogP contribution in [0.3, 0.4) is 0 Å². The minimum Gasteiger partial charge on any atom is -0.459 e. The van der Waals surface area contributed by atoms with Gasteiger partial charge in [0.05, 0.1) is 5.56 Å². The van der Waals surface area contributed by atoms with Gasteiger partial charge in [-0.15, -0.1) is 0 Å². The molecule has 0 N–H and O–H groups in total. The first-order valence-electron chi connectivity index (χ1n) is 6.29. The highest BCUT2D eigenvalue weighted by atomic mass is 19.3. The van der Waals surface area contributed by atoms with Crippen LogP contribution in [-0.4, -0.2) is 25.2 Å². The molecule has 0 unspecified atom stereocenters. The molecular weight excluding hydrogens is 317 g/mol. The van der Waals surface area contributed by atoms with E-state index >= 15 is 0 Å². The Morgan fingerprint density at radius 2 is 1.61 bits per heavy atom. The van der Waals surface area contributed by atoms with Crippen LogP contribution >= 0.6 is 0 Å². The van der Waals surface area contributed by atoms with E-state index in [0.717, 1.165) is 12.1 Å². The molecule has 0 atom stereocenters. The number of ether oxygens (including phenoxy) is 3. The van der Waals surface area contributed by atoms with Gasteiger partial charge in [0.2, 0.25) is 0 Å². The predicted octanol–water partition coefficient (Wildman–Crippen LogP) is 3.38. The van der Waals surface area contributed by atoms with Gasteiger partial charge in [0.15, 0.2) is 0 Å². The molecule has 5 nitrogen and oxygen atoms in total. The van der Waals surface area contributed by atoms with Gasteiger partial charge in [-0.2, -0.15) is 13.2 Å². The van der Waals surface area contributed by atoms with Crippen molar-refractivity contribution in [3.8, 4) is 5.75 Å². The number of benzene rings is 1. The quantitative estimate of drug-likeness (QED) is 0.332. The van der Waals surface area contributed by atoms with Gasteiger partial charge in [-0.3, -0.25) is 0 Å². The number of carbonyl (C=O) groups excluding carboxylic acids is 2. The van der Waals surface area contributed by atoms with E-state index in [1.165, 1.54) is 19.1 Å². The molecule has 23 heavy (non-hydrogen) atoms. The Balaban J connectivity index is 2.47. The molecule has 124 valence electrons. The fraction of sp³-hybridized carbons (Fsp3) is 0.200. The SMILES string of the molecule is C=C(C)C(=O)OCCOC(=O)c1ccc(OC(F)=C(F)F)cc1. The van der Waals surface area contributed by atoms with Gasteiger partial charge in [0.1, 0.15) is 19.0 Å². The fourth-order valence-corrected chi connectivity index (χ4v) is 1.28. The summed E-state index contributed by atoms with van der Waals surface area (Å²) in [6, 6.07) is 2.65. The second-order valence-corrected chi connectivity index (χ2v) is 4.21. The molecule has 0 saturated carbocycles. The van der Waals surface area contributed by atoms with Gasteiger partial charge in [-0.05, 0) is 31.2 Å². The summed E-state index contributed by atoms with van der Waals surface area (Å²) >= 11 is 0. The zero-order valence-corrected chi connectivity index (χ0v) is 12.1. The maximum absolute atomic E-state index is 12.6. The molecule has 0 fully saturated rings. The van der Waals surface area contributed by atoms with Gasteiger partial charge in [-0.25, -0.2) is 9.59 Å². The number of esters is 2. The van der Waals surface area contributed by atoms with Crippen LogP contribution in [0.1, 0.15) is 17.3 Å². The second kappa shape index (κ2) is 8.62. The van der Waals surface area contributed by atoms with Crippen LogP contribution in [0.4, 0.5) is 13.2 Å². The van der Waals surface area contributed by atoms with E-state index in [4.69, 9.17) is 9.47 Å². The topological polar surface area (TPSA) is 61.8 Å². The van der Waals surface area contributed by atoms with Crippen LogP contribution in [0.25, 0.3) is 0 Å². The molecule has 0 aliphatic carbocycles. The lowest BCUT2D eigenvalue weighted by Crippen LogP contribution is -2.14. The molecule has 0 saturated heterocycles. The highest BCUT2D eigenvalue weighted by Crippen LogP contribution is 2.19. The highest BCUT2D eigenvalue weighted by Gasteiger charge is 2.11. The van der Waals surface area contributed by atoms with Crippen molar-refractivity contribution in [1.82, 2.24) is 0 Å². The number of hydrogen-bond donors (Lipinski definition) is 0. The summed E-state index contributed by atoms with van der Waals surface area (Å²) in [5.41, 5.74) is 0.312. The molecular formula is C15H13F3O5. The second-order valence-electron chi connectivity index (χ2n) is 4.21. The van der Waals surface area contributed by atoms with Crippen LogP contribution in [0.2, 0.25) is 0 Å². The molecule has 0 amide bonds. The van der Waals surface area contributed by atoms with Crippen LogP contribution in [0.5, 0.6) is 5.75 Å². The Bertz CT molecular complexity index is 619. The normalized spacial score (nSPS) is 9.74. The molecule has 0 radical (unpaired) electrons. The Hall–Kier alpha value is -2.77. The lowest BCUT2D eigenvalue weighted by Gasteiger charge is -2.07. The monoisotopic (exact) mass is 330 g/mol. The van der Waals surface area contributed by atoms with Gasteiger partial charge < -0.3 is 14.2 Å². The van der Waals surface area contributed by atoms with Crippen molar-refractivity contribution < 1.29 is 37.0 Å². The summed E-state index contributed by atoms with van der Waals surface area (Å²) in [4.78, 5) is 22.7. The van der Waals surface area contributed by atoms with Crippen LogP contribution in [-0.2, 0) is 14.3 Å². The summed E-state index contributed by atoms with van der Waals surface area (Å²) in [6.45, 7) is 4.56. The van der Waals surface area contributed by atoms with E-state index in [0.29, 0.717) is 0 Å². The van der Waals surface area contributed by atoms with Crippen LogP contribution < -0.4 is 4.74 Å². The molecule has 0 spiro atoms. The number of hydrogen-bond acceptors (Lipinski definition) is 5. The summed E-state index contributed by atoms with van der Waals surface area (Å²) < 4.78 is 50.0. The summed E-state index contributed by atoms with van der Waals surface area (Å²) in [5, 5.41) is 0. The minimum absolute atomic E-state index is 0.0914. The Kier molecular flexibility index (Phi) is 6.85. The predicted molar refractivity (Wildman–Crippen MR) is 73.5 cm³/mol. The molecule has 8 heteroatoms. The van der Waals surface area contributed by atoms with Gasteiger partial charge in [-0.1, -0.05) is 6.58 Å². The molecule has 0 aromatic heterocycles. The summed E-state index contributed by atoms with van der Waals surface area (Å²) in [6.07, 6.45) is -2.59. The highest BCUT2D eigenvalue weighted by molar-refractivity contribution is 5.89. The van der Waals surface area contributed by atoms with E-state index in [-0.39, 0.29) is 30.1 Å². The first kappa shape index (κ1) is 18.3. The van der Waals surface area contributed by atoms with Gasteiger partial charge >= 0.3 is 24.0 Å². The largest absolute Gasteiger partial charge is 0.459 e. The van der Waals surface area contributed by atoms with E-state index in [1.54, 1.807) is 0 Å². The Labute approximate surface area is 129 Å². The van der Waals surface area contributed by atoms with Crippen molar-refractivity contribution in [2.75, 3.05) is 13.2 Å². The van der Waals surface area contributed by atoms with E-state index in [9.17, 15) is 22.8 Å². The van der Waals surface area contributed by atoms with Crippen molar-refractivity contribution in [2.45, 2.75) is 6.92 Å². The zero-order chi connectivity index (χ0) is 17.4. The first-order valence-corrected chi connectivity index (χ1v) is 6.29. The van der Waals surface area contributed by atoms with E-state index < -0.39 is 24.0 Å². The molecule has 1 aromatic carbocycles. The molecule has 0 aliphatic heterocycles. The maximum Gasteiger partial charge on any atom is 0.344 e. The Morgan fingerprint density at radius 1 is 1.04 bits per heavy atom. The molecule has 0 heterocycles. The molecule has 0 aliphatic rings. The lowest BCUT2D eigenvalue weighted by molar-refractivity contribution is -0.140. The number of carbonyl (C=O) groups is 2. The van der Waals surface area contributed by atoms with Crippen molar-refractivity contribution >= 4 is 11.9 Å². The smallest absolute Gasteiger partial charge is 0.344 e. The lowest BCUT2D eigenvalue weighted by atomic mass is 10.2. The average molecular weight is 330 g/mol. The first-order chi connectivity index (χ1) is 10.8. The van der Waals surface area contributed by atoms with Crippen molar-refractivity contribution in [3.05, 3.63) is 54.1 Å². The van der Waals surface area contributed by atoms with E-state index in [2.05, 4.69) is 11.3 Å². The third-order valence-electron chi connectivity index (χ3n) is 2.34. The standard InChI is InChI=1S/C15H13F3O5/c1-9(2)14(19)21-7-8-22-15(20)10-3-5-11(6-4-10)23-13(18)12(16)17/h3-6H,1,7-8H2,2H3. The van der Waals surface area contributed by atoms with E-state index in [1.807, 2.05) is 0 Å². The maximum atomic E-state index is 12.6. The van der Waals surface area contributed by atoms with Gasteiger partial charge in [0, 0.05) is 5.57 Å². The molecule has 0 bridgehead atoms. The van der Waals surface area contributed by atoms with Crippen molar-refractivity contribution in [3.63, 3.8) is 0 Å².